The molecule has 3 nitrogen and oxygen atoms in total. The number of carbonyl (C=O) groups is 2. The van der Waals surface area contributed by atoms with Gasteiger partial charge < -0.3 is 4.74 Å². The molecule has 0 heterocycles. The Kier molecular flexibility index (Phi) is 4.90. The molecule has 2 aromatic carbocycles. The van der Waals surface area contributed by atoms with Crippen molar-refractivity contribution in [1.29, 1.82) is 0 Å². The molecule has 0 saturated carbocycles. The molecule has 0 spiro atoms. The van der Waals surface area contributed by atoms with Crippen LogP contribution < -0.4 is 0 Å². The minimum atomic E-state index is -0.668. The van der Waals surface area contributed by atoms with Gasteiger partial charge in [-0.25, -0.2) is 4.79 Å². The monoisotopic (exact) mass is 300 g/mol. The van der Waals surface area contributed by atoms with Gasteiger partial charge in [-0.15, -0.1) is 0 Å². The van der Waals surface area contributed by atoms with Gasteiger partial charge in [0, 0.05) is 10.6 Å². The van der Waals surface area contributed by atoms with Gasteiger partial charge in [0.25, 0.3) is 0 Å². The molecule has 0 saturated heterocycles. The molecule has 0 N–H and O–H groups in total. The van der Waals surface area contributed by atoms with Gasteiger partial charge in [-0.2, -0.15) is 0 Å². The molecule has 0 unspecified atom stereocenters. The summed E-state index contributed by atoms with van der Waals surface area (Å²) in [5.41, 5.74) is 1.11. The lowest BCUT2D eigenvalue weighted by atomic mass is 10.0. The molecule has 2 rings (SSSR count). The SMILES string of the molecule is COC(=O)/C(=C\c1ccc(Cl)cc1)C(=O)c1ccccc1. The summed E-state index contributed by atoms with van der Waals surface area (Å²) in [5.74, 6) is -1.05. The van der Waals surface area contributed by atoms with Crippen LogP contribution in [0.1, 0.15) is 15.9 Å². The Morgan fingerprint density at radius 1 is 1.00 bits per heavy atom. The molecule has 21 heavy (non-hydrogen) atoms. The van der Waals surface area contributed by atoms with Gasteiger partial charge in [0.2, 0.25) is 0 Å². The van der Waals surface area contributed by atoms with Crippen LogP contribution in [-0.4, -0.2) is 18.9 Å². The molecule has 0 bridgehead atoms. The Morgan fingerprint density at radius 2 is 1.62 bits per heavy atom. The molecule has 0 amide bonds. The van der Waals surface area contributed by atoms with Crippen molar-refractivity contribution in [3.63, 3.8) is 0 Å². The minimum absolute atomic E-state index is 0.0222. The van der Waals surface area contributed by atoms with Gasteiger partial charge in [-0.3, -0.25) is 4.79 Å². The van der Waals surface area contributed by atoms with E-state index in [1.54, 1.807) is 54.6 Å². The number of esters is 1. The zero-order chi connectivity index (χ0) is 15.2. The van der Waals surface area contributed by atoms with E-state index < -0.39 is 5.97 Å². The third-order valence-corrected chi connectivity index (χ3v) is 3.12. The van der Waals surface area contributed by atoms with E-state index >= 15 is 0 Å². The fraction of sp³-hybridized carbons (Fsp3) is 0.0588. The second kappa shape index (κ2) is 6.86. The van der Waals surface area contributed by atoms with Gasteiger partial charge in [-0.05, 0) is 23.8 Å². The van der Waals surface area contributed by atoms with E-state index in [4.69, 9.17) is 16.3 Å². The largest absolute Gasteiger partial charge is 0.465 e. The molecule has 0 aliphatic heterocycles. The topological polar surface area (TPSA) is 43.4 Å². The van der Waals surface area contributed by atoms with Crippen molar-refractivity contribution in [1.82, 2.24) is 0 Å². The summed E-state index contributed by atoms with van der Waals surface area (Å²) in [6.07, 6.45) is 1.50. The average molecular weight is 301 g/mol. The second-order valence-corrected chi connectivity index (χ2v) is 4.73. The fourth-order valence-electron chi connectivity index (χ4n) is 1.80. The fourth-order valence-corrected chi connectivity index (χ4v) is 1.92. The number of hydrogen-bond donors (Lipinski definition) is 0. The first kappa shape index (κ1) is 15.0. The van der Waals surface area contributed by atoms with Crippen molar-refractivity contribution in [2.45, 2.75) is 0 Å². The quantitative estimate of drug-likeness (QED) is 0.284. The summed E-state index contributed by atoms with van der Waals surface area (Å²) in [5, 5.41) is 0.584. The first-order chi connectivity index (χ1) is 10.1. The lowest BCUT2D eigenvalue weighted by Crippen LogP contribution is -2.14. The Morgan fingerprint density at radius 3 is 2.19 bits per heavy atom. The van der Waals surface area contributed by atoms with E-state index in [9.17, 15) is 9.59 Å². The Bertz CT molecular complexity index is 673. The van der Waals surface area contributed by atoms with Crippen LogP contribution in [0.3, 0.4) is 0 Å². The number of ketones is 1. The van der Waals surface area contributed by atoms with Crippen molar-refractivity contribution < 1.29 is 14.3 Å². The van der Waals surface area contributed by atoms with Crippen LogP contribution in [0.2, 0.25) is 5.02 Å². The Hall–Kier alpha value is -2.39. The standard InChI is InChI=1S/C17H13ClO3/c1-21-17(20)15(11-12-7-9-14(18)10-8-12)16(19)13-5-3-2-4-6-13/h2-11H,1H3/b15-11-. The molecule has 0 fully saturated rings. The summed E-state index contributed by atoms with van der Waals surface area (Å²) in [7, 11) is 1.25. The third kappa shape index (κ3) is 3.80. The summed E-state index contributed by atoms with van der Waals surface area (Å²) in [6, 6.07) is 15.4. The Balaban J connectivity index is 2.41. The number of methoxy groups -OCH3 is 1. The first-order valence-electron chi connectivity index (χ1n) is 6.27. The van der Waals surface area contributed by atoms with Crippen LogP contribution in [0.15, 0.2) is 60.2 Å². The van der Waals surface area contributed by atoms with Crippen LogP contribution >= 0.6 is 11.6 Å². The number of ether oxygens (including phenoxy) is 1. The van der Waals surface area contributed by atoms with Gasteiger partial charge in [0.15, 0.2) is 5.78 Å². The average Bonchev–Trinajstić information content (AvgIpc) is 2.54. The lowest BCUT2D eigenvalue weighted by Gasteiger charge is -2.05. The summed E-state index contributed by atoms with van der Waals surface area (Å²) in [4.78, 5) is 24.3. The smallest absolute Gasteiger partial charge is 0.341 e. The first-order valence-corrected chi connectivity index (χ1v) is 6.65. The maximum absolute atomic E-state index is 12.4. The van der Waals surface area contributed by atoms with Crippen LogP contribution in [0.4, 0.5) is 0 Å². The van der Waals surface area contributed by atoms with Gasteiger partial charge in [0.1, 0.15) is 5.57 Å². The summed E-state index contributed by atoms with van der Waals surface area (Å²) < 4.78 is 4.70. The molecule has 0 aliphatic rings. The van der Waals surface area contributed by atoms with E-state index in [0.29, 0.717) is 16.1 Å². The van der Waals surface area contributed by atoms with Crippen molar-refractivity contribution in [2.24, 2.45) is 0 Å². The second-order valence-electron chi connectivity index (χ2n) is 4.30. The summed E-state index contributed by atoms with van der Waals surface area (Å²) in [6.45, 7) is 0. The molecular weight excluding hydrogens is 288 g/mol. The van der Waals surface area contributed by atoms with Gasteiger partial charge in [0.05, 0.1) is 7.11 Å². The number of Topliss-reactive ketones (excluding diaryl/α,β-unsaturated/α-hetero) is 1. The number of benzene rings is 2. The van der Waals surface area contributed by atoms with Crippen molar-refractivity contribution in [2.75, 3.05) is 7.11 Å². The van der Waals surface area contributed by atoms with E-state index in [0.717, 1.165) is 0 Å². The molecule has 0 atom stereocenters. The van der Waals surface area contributed by atoms with Crippen molar-refractivity contribution in [3.8, 4) is 0 Å². The predicted octanol–water partition coefficient (Wildman–Crippen LogP) is 3.78. The highest BCUT2D eigenvalue weighted by atomic mass is 35.5. The van der Waals surface area contributed by atoms with Crippen molar-refractivity contribution in [3.05, 3.63) is 76.3 Å². The van der Waals surface area contributed by atoms with E-state index in [-0.39, 0.29) is 11.4 Å². The number of hydrogen-bond acceptors (Lipinski definition) is 3. The number of halogens is 1. The molecule has 4 heteroatoms. The third-order valence-electron chi connectivity index (χ3n) is 2.87. The normalized spacial score (nSPS) is 11.0. The van der Waals surface area contributed by atoms with Gasteiger partial charge >= 0.3 is 5.97 Å². The highest BCUT2D eigenvalue weighted by Crippen LogP contribution is 2.16. The molecule has 106 valence electrons. The highest BCUT2D eigenvalue weighted by molar-refractivity contribution is 6.30. The van der Waals surface area contributed by atoms with E-state index in [1.165, 1.54) is 13.2 Å². The molecule has 0 aliphatic carbocycles. The lowest BCUT2D eigenvalue weighted by molar-refractivity contribution is -0.135. The summed E-state index contributed by atoms with van der Waals surface area (Å²) >= 11 is 5.82. The van der Waals surface area contributed by atoms with Crippen molar-refractivity contribution >= 4 is 29.4 Å². The zero-order valence-electron chi connectivity index (χ0n) is 11.4. The van der Waals surface area contributed by atoms with Crippen LogP contribution in [-0.2, 0) is 9.53 Å². The Labute approximate surface area is 127 Å². The molecule has 2 aromatic rings. The minimum Gasteiger partial charge on any atom is -0.465 e. The number of carbonyl (C=O) groups excluding carboxylic acids is 2. The zero-order valence-corrected chi connectivity index (χ0v) is 12.1. The van der Waals surface area contributed by atoms with Crippen LogP contribution in [0.25, 0.3) is 6.08 Å². The number of rotatable bonds is 4. The van der Waals surface area contributed by atoms with Crippen LogP contribution in [0, 0.1) is 0 Å². The van der Waals surface area contributed by atoms with E-state index in [1.807, 2.05) is 0 Å². The highest BCUT2D eigenvalue weighted by Gasteiger charge is 2.20. The van der Waals surface area contributed by atoms with E-state index in [2.05, 4.69) is 0 Å². The molecule has 0 aromatic heterocycles. The maximum atomic E-state index is 12.4. The predicted molar refractivity (Wildman–Crippen MR) is 82.2 cm³/mol. The molecule has 0 radical (unpaired) electrons. The van der Waals surface area contributed by atoms with Gasteiger partial charge in [-0.1, -0.05) is 54.1 Å². The van der Waals surface area contributed by atoms with Crippen LogP contribution in [0.5, 0.6) is 0 Å². The maximum Gasteiger partial charge on any atom is 0.341 e. The molecular formula is C17H13ClO3.